The van der Waals surface area contributed by atoms with Crippen molar-refractivity contribution in [3.05, 3.63) is 82.7 Å². The number of para-hydroxylation sites is 2. The Labute approximate surface area is 182 Å². The average Bonchev–Trinajstić information content (AvgIpc) is 2.74. The molecule has 0 bridgehead atoms. The van der Waals surface area contributed by atoms with Crippen LogP contribution in [0.15, 0.2) is 76.5 Å². The van der Waals surface area contributed by atoms with Gasteiger partial charge in [0.05, 0.1) is 28.3 Å². The molecule has 0 aliphatic heterocycles. The van der Waals surface area contributed by atoms with Gasteiger partial charge in [0.25, 0.3) is 25.7 Å². The zero-order valence-corrected chi connectivity index (χ0v) is 18.0. The van der Waals surface area contributed by atoms with Crippen molar-refractivity contribution in [2.45, 2.75) is 9.79 Å². The fourth-order valence-electron chi connectivity index (χ4n) is 2.67. The van der Waals surface area contributed by atoms with Crippen LogP contribution in [0.5, 0.6) is 5.75 Å². The smallest absolute Gasteiger partial charge is 0.271 e. The first-order chi connectivity index (χ1) is 15.0. The minimum Gasteiger partial charge on any atom is -0.495 e. The molecule has 168 valence electrons. The van der Waals surface area contributed by atoms with Gasteiger partial charge in [-0.25, -0.2) is 21.2 Å². The first kappa shape index (κ1) is 23.0. The van der Waals surface area contributed by atoms with Crippen molar-refractivity contribution in [3.8, 4) is 5.75 Å². The number of nitrogens with zero attached hydrogens (tertiary/aromatic N) is 1. The molecule has 3 rings (SSSR count). The molecule has 3 aromatic carbocycles. The van der Waals surface area contributed by atoms with E-state index in [0.717, 1.165) is 42.5 Å². The zero-order chi connectivity index (χ0) is 23.5. The van der Waals surface area contributed by atoms with E-state index in [1.807, 2.05) is 0 Å². The SMILES string of the molecule is COc1ccc([N+](=O)[O-])cc1S(=O)(=O)Nc1ccccc1NS(=O)(=O)c1ccc(F)cc1. The minimum atomic E-state index is -4.42. The quantitative estimate of drug-likeness (QED) is 0.371. The van der Waals surface area contributed by atoms with Crippen LogP contribution < -0.4 is 14.2 Å². The lowest BCUT2D eigenvalue weighted by atomic mass is 10.3. The van der Waals surface area contributed by atoms with Crippen molar-refractivity contribution < 1.29 is 30.9 Å². The van der Waals surface area contributed by atoms with Gasteiger partial charge < -0.3 is 4.74 Å². The highest BCUT2D eigenvalue weighted by Gasteiger charge is 2.25. The molecule has 0 unspecified atom stereocenters. The monoisotopic (exact) mass is 481 g/mol. The molecule has 2 N–H and O–H groups in total. The van der Waals surface area contributed by atoms with Gasteiger partial charge in [0.1, 0.15) is 16.5 Å². The molecule has 0 radical (unpaired) electrons. The Balaban J connectivity index is 1.98. The maximum absolute atomic E-state index is 13.1. The van der Waals surface area contributed by atoms with Crippen molar-refractivity contribution in [2.75, 3.05) is 16.6 Å². The van der Waals surface area contributed by atoms with Gasteiger partial charge in [-0.3, -0.25) is 19.6 Å². The van der Waals surface area contributed by atoms with Crippen LogP contribution in [0.25, 0.3) is 0 Å². The molecule has 0 aliphatic carbocycles. The molecule has 0 aliphatic rings. The lowest BCUT2D eigenvalue weighted by Crippen LogP contribution is -2.18. The summed E-state index contributed by atoms with van der Waals surface area (Å²) in [6.07, 6.45) is 0. The van der Waals surface area contributed by atoms with E-state index in [0.29, 0.717) is 0 Å². The van der Waals surface area contributed by atoms with E-state index in [2.05, 4.69) is 9.44 Å². The lowest BCUT2D eigenvalue weighted by Gasteiger charge is -2.15. The van der Waals surface area contributed by atoms with Crippen LogP contribution in [0, 0.1) is 15.9 Å². The van der Waals surface area contributed by atoms with E-state index in [-0.39, 0.29) is 22.0 Å². The molecule has 0 saturated heterocycles. The fourth-order valence-corrected chi connectivity index (χ4v) is 5.02. The van der Waals surface area contributed by atoms with Crippen LogP contribution in [0.4, 0.5) is 21.5 Å². The van der Waals surface area contributed by atoms with Crippen molar-refractivity contribution in [1.82, 2.24) is 0 Å². The number of hydrogen-bond acceptors (Lipinski definition) is 7. The van der Waals surface area contributed by atoms with Crippen molar-refractivity contribution >= 4 is 37.1 Å². The Morgan fingerprint density at radius 1 is 0.875 bits per heavy atom. The normalized spacial score (nSPS) is 11.6. The van der Waals surface area contributed by atoms with Crippen LogP contribution in [0.2, 0.25) is 0 Å². The number of anilines is 2. The number of methoxy groups -OCH3 is 1. The highest BCUT2D eigenvalue weighted by atomic mass is 32.2. The minimum absolute atomic E-state index is 0.121. The molecule has 0 saturated carbocycles. The molecular formula is C19H16FN3O7S2. The van der Waals surface area contributed by atoms with Gasteiger partial charge in [-0.1, -0.05) is 12.1 Å². The highest BCUT2D eigenvalue weighted by Crippen LogP contribution is 2.32. The maximum Gasteiger partial charge on any atom is 0.271 e. The molecule has 0 amide bonds. The van der Waals surface area contributed by atoms with E-state index in [1.165, 1.54) is 31.4 Å². The number of nitro benzene ring substituents is 1. The summed E-state index contributed by atoms with van der Waals surface area (Å²) >= 11 is 0. The summed E-state index contributed by atoms with van der Waals surface area (Å²) in [6, 6.07) is 12.6. The Morgan fingerprint density at radius 2 is 1.44 bits per heavy atom. The van der Waals surface area contributed by atoms with E-state index in [1.54, 1.807) is 0 Å². The van der Waals surface area contributed by atoms with Crippen molar-refractivity contribution in [2.24, 2.45) is 0 Å². The van der Waals surface area contributed by atoms with Gasteiger partial charge in [0.15, 0.2) is 0 Å². The Morgan fingerprint density at radius 3 is 1.97 bits per heavy atom. The van der Waals surface area contributed by atoms with Crippen LogP contribution in [0.1, 0.15) is 0 Å². The van der Waals surface area contributed by atoms with Crippen LogP contribution in [0.3, 0.4) is 0 Å². The Hall–Kier alpha value is -3.71. The van der Waals surface area contributed by atoms with E-state index in [4.69, 9.17) is 4.74 Å². The van der Waals surface area contributed by atoms with Gasteiger partial charge in [0, 0.05) is 12.1 Å². The van der Waals surface area contributed by atoms with E-state index >= 15 is 0 Å². The summed E-state index contributed by atoms with van der Waals surface area (Å²) < 4.78 is 73.7. The second kappa shape index (κ2) is 8.80. The first-order valence-corrected chi connectivity index (χ1v) is 11.7. The molecule has 0 atom stereocenters. The average molecular weight is 481 g/mol. The summed E-state index contributed by atoms with van der Waals surface area (Å²) in [7, 11) is -7.39. The first-order valence-electron chi connectivity index (χ1n) is 8.76. The molecule has 0 fully saturated rings. The van der Waals surface area contributed by atoms with E-state index < -0.39 is 41.4 Å². The second-order valence-corrected chi connectivity index (χ2v) is 9.64. The number of halogens is 1. The molecule has 13 heteroatoms. The summed E-state index contributed by atoms with van der Waals surface area (Å²) in [6.45, 7) is 0. The fraction of sp³-hybridized carbons (Fsp3) is 0.0526. The van der Waals surface area contributed by atoms with Crippen LogP contribution >= 0.6 is 0 Å². The van der Waals surface area contributed by atoms with Gasteiger partial charge in [-0.15, -0.1) is 0 Å². The highest BCUT2D eigenvalue weighted by molar-refractivity contribution is 7.93. The third-order valence-electron chi connectivity index (χ3n) is 4.19. The summed E-state index contributed by atoms with van der Waals surface area (Å²) in [4.78, 5) is 9.55. The van der Waals surface area contributed by atoms with Gasteiger partial charge in [0.2, 0.25) is 0 Å². The molecule has 10 nitrogen and oxygen atoms in total. The standard InChI is InChI=1S/C19H16FN3O7S2/c1-30-18-11-8-14(23(24)25)12-19(18)32(28,29)22-17-5-3-2-4-16(17)21-31(26,27)15-9-6-13(20)7-10-15/h2-12,21-22H,1H3. The summed E-state index contributed by atoms with van der Waals surface area (Å²) in [5.41, 5.74) is -0.743. The van der Waals surface area contributed by atoms with Crippen molar-refractivity contribution in [3.63, 3.8) is 0 Å². The molecular weight excluding hydrogens is 465 g/mol. The number of hydrogen-bond donors (Lipinski definition) is 2. The van der Waals surface area contributed by atoms with E-state index in [9.17, 15) is 31.3 Å². The van der Waals surface area contributed by atoms with Crippen molar-refractivity contribution in [1.29, 1.82) is 0 Å². The van der Waals surface area contributed by atoms with Gasteiger partial charge >= 0.3 is 0 Å². The number of sulfonamides is 2. The molecule has 32 heavy (non-hydrogen) atoms. The third kappa shape index (κ3) is 4.95. The molecule has 0 spiro atoms. The number of non-ortho nitro benzene ring substituents is 1. The number of ether oxygens (including phenoxy) is 1. The topological polar surface area (TPSA) is 145 Å². The van der Waals surface area contributed by atoms with Gasteiger partial charge in [-0.2, -0.15) is 0 Å². The lowest BCUT2D eigenvalue weighted by molar-refractivity contribution is -0.385. The Bertz CT molecular complexity index is 1380. The maximum atomic E-state index is 13.1. The molecule has 0 heterocycles. The zero-order valence-electron chi connectivity index (χ0n) is 16.4. The third-order valence-corrected chi connectivity index (χ3v) is 6.96. The number of rotatable bonds is 8. The summed E-state index contributed by atoms with van der Waals surface area (Å²) in [5, 5.41) is 11.1. The van der Waals surface area contributed by atoms with Crippen LogP contribution in [-0.2, 0) is 20.0 Å². The predicted molar refractivity (Wildman–Crippen MR) is 114 cm³/mol. The number of nitrogens with one attached hydrogen (secondary N) is 2. The molecule has 3 aromatic rings. The molecule has 0 aromatic heterocycles. The van der Waals surface area contributed by atoms with Gasteiger partial charge in [-0.05, 0) is 42.5 Å². The second-order valence-electron chi connectivity index (χ2n) is 6.30. The van der Waals surface area contributed by atoms with Crippen LogP contribution in [-0.4, -0.2) is 28.9 Å². The number of benzene rings is 3. The summed E-state index contributed by atoms with van der Waals surface area (Å²) in [5.74, 6) is -0.768. The predicted octanol–water partition coefficient (Wildman–Crippen LogP) is 3.34. The Kier molecular flexibility index (Phi) is 6.32. The number of nitro groups is 1. The largest absolute Gasteiger partial charge is 0.495 e.